The van der Waals surface area contributed by atoms with E-state index in [9.17, 15) is 22.8 Å². The second-order valence-electron chi connectivity index (χ2n) is 9.47. The number of H-pyrrole nitrogens is 1. The van der Waals surface area contributed by atoms with Gasteiger partial charge in [-0.1, -0.05) is 0 Å². The van der Waals surface area contributed by atoms with Crippen molar-refractivity contribution in [1.82, 2.24) is 19.7 Å². The van der Waals surface area contributed by atoms with Crippen LogP contribution in [-0.4, -0.2) is 51.4 Å². The molecule has 1 aliphatic rings. The van der Waals surface area contributed by atoms with Gasteiger partial charge in [-0.25, -0.2) is 19.0 Å². The molecule has 1 aliphatic heterocycles. The average Bonchev–Trinajstić information content (AvgIpc) is 3.37. The molecule has 44 heavy (non-hydrogen) atoms. The lowest BCUT2D eigenvalue weighted by molar-refractivity contribution is -0.189. The van der Waals surface area contributed by atoms with E-state index in [0.29, 0.717) is 19.4 Å². The third-order valence-electron chi connectivity index (χ3n) is 6.59. The Hall–Kier alpha value is -5.61. The van der Waals surface area contributed by atoms with E-state index in [-0.39, 0.29) is 51.2 Å². The van der Waals surface area contributed by atoms with Gasteiger partial charge in [-0.2, -0.15) is 17.9 Å². The quantitative estimate of drug-likeness (QED) is 0.0645. The molecule has 7 N–H and O–H groups in total. The van der Waals surface area contributed by atoms with Gasteiger partial charge in [0.25, 0.3) is 0 Å². The maximum atomic E-state index is 16.2. The summed E-state index contributed by atoms with van der Waals surface area (Å²) in [7, 11) is 1.36. The van der Waals surface area contributed by atoms with E-state index in [0.717, 1.165) is 16.8 Å². The molecule has 0 amide bonds. The first-order valence-corrected chi connectivity index (χ1v) is 12.8. The summed E-state index contributed by atoms with van der Waals surface area (Å²) >= 11 is 0. The molecule has 5 rings (SSSR count). The van der Waals surface area contributed by atoms with Crippen molar-refractivity contribution >= 4 is 23.2 Å². The number of aromatic amines is 1. The Balaban J connectivity index is 1.66. The first kappa shape index (κ1) is 29.9. The summed E-state index contributed by atoms with van der Waals surface area (Å²) < 4.78 is 71.6. The standard InChI is InChI=1S/C27H24F4N8O5/c1-42-18-11-15(19(28)14-4-3-9-43-21(14)18)20(23-37-26(41)39(38-23)24-16(32)5-2-8-35-24)36-12-6-7-13(22(33)34)17(10-12)44-25(40)27(29,30)31/h2,5-8,10-11,20,36H,3-4,9,32H2,1H3,(H3,33,34)(H,37,38,41). The minimum absolute atomic E-state index is 0.0113. The zero-order valence-corrected chi connectivity index (χ0v) is 22.8. The van der Waals surface area contributed by atoms with E-state index < -0.39 is 41.3 Å². The number of amidine groups is 1. The SMILES string of the molecule is COc1cc(C(Nc2ccc(C(=N)N)c(OC(=O)C(F)(F)F)c2)c2nn(-c3ncccc3N)c(=O)[nH]2)c(F)c2c1OCCC2. The molecular weight excluding hydrogens is 592 g/mol. The van der Waals surface area contributed by atoms with Gasteiger partial charge >= 0.3 is 17.8 Å². The number of hydrogen-bond donors (Lipinski definition) is 5. The molecule has 0 aliphatic carbocycles. The largest absolute Gasteiger partial charge is 0.493 e. The number of nitrogens with zero attached hydrogens (tertiary/aromatic N) is 3. The maximum absolute atomic E-state index is 16.2. The molecule has 13 nitrogen and oxygen atoms in total. The summed E-state index contributed by atoms with van der Waals surface area (Å²) in [6.45, 7) is 0.342. The van der Waals surface area contributed by atoms with Crippen molar-refractivity contribution in [3.8, 4) is 23.1 Å². The van der Waals surface area contributed by atoms with Crippen LogP contribution >= 0.6 is 0 Å². The Labute approximate surface area is 245 Å². The molecule has 2 aromatic heterocycles. The van der Waals surface area contributed by atoms with Crippen LogP contribution in [0.25, 0.3) is 5.82 Å². The molecule has 0 bridgehead atoms. The number of aromatic nitrogens is 4. The summed E-state index contributed by atoms with van der Waals surface area (Å²) in [5.74, 6) is -4.40. The summed E-state index contributed by atoms with van der Waals surface area (Å²) in [6, 6.07) is 6.45. The van der Waals surface area contributed by atoms with Crippen molar-refractivity contribution in [2.45, 2.75) is 25.1 Å². The highest BCUT2D eigenvalue weighted by atomic mass is 19.4. The van der Waals surface area contributed by atoms with Gasteiger partial charge < -0.3 is 31.0 Å². The third-order valence-corrected chi connectivity index (χ3v) is 6.59. The monoisotopic (exact) mass is 616 g/mol. The van der Waals surface area contributed by atoms with Gasteiger partial charge in [0.1, 0.15) is 23.4 Å². The van der Waals surface area contributed by atoms with Crippen molar-refractivity contribution < 1.29 is 36.6 Å². The molecule has 0 radical (unpaired) electrons. The fourth-order valence-electron chi connectivity index (χ4n) is 4.60. The number of halogens is 4. The highest BCUT2D eigenvalue weighted by Crippen LogP contribution is 2.42. The van der Waals surface area contributed by atoms with Crippen molar-refractivity contribution in [3.63, 3.8) is 0 Å². The van der Waals surface area contributed by atoms with Crippen LogP contribution in [0.15, 0.2) is 47.4 Å². The molecule has 0 saturated carbocycles. The number of ether oxygens (including phenoxy) is 3. The predicted molar refractivity (Wildman–Crippen MR) is 148 cm³/mol. The number of nitrogen functional groups attached to an aromatic ring is 2. The average molecular weight is 617 g/mol. The highest BCUT2D eigenvalue weighted by molar-refractivity contribution is 5.99. The van der Waals surface area contributed by atoms with Crippen molar-refractivity contribution in [2.75, 3.05) is 24.8 Å². The summed E-state index contributed by atoms with van der Waals surface area (Å²) in [5.41, 5.74) is 10.6. The Bertz CT molecular complexity index is 1820. The maximum Gasteiger partial charge on any atom is 0.491 e. The van der Waals surface area contributed by atoms with Gasteiger partial charge in [0.15, 0.2) is 23.1 Å². The first-order chi connectivity index (χ1) is 20.9. The second kappa shape index (κ2) is 11.6. The van der Waals surface area contributed by atoms with E-state index >= 15 is 4.39 Å². The van der Waals surface area contributed by atoms with Gasteiger partial charge in [0.05, 0.1) is 25.0 Å². The molecule has 3 heterocycles. The summed E-state index contributed by atoms with van der Waals surface area (Å²) in [6.07, 6.45) is -3.14. The number of nitrogens with one attached hydrogen (secondary N) is 3. The zero-order chi connectivity index (χ0) is 31.8. The van der Waals surface area contributed by atoms with E-state index in [4.69, 9.17) is 26.4 Å². The Morgan fingerprint density at radius 1 is 1.25 bits per heavy atom. The number of carbonyl (C=O) groups excluding carboxylic acids is 1. The molecule has 0 spiro atoms. The fraction of sp³-hybridized carbons (Fsp3) is 0.222. The van der Waals surface area contributed by atoms with Crippen LogP contribution < -0.4 is 36.7 Å². The predicted octanol–water partition coefficient (Wildman–Crippen LogP) is 2.96. The third kappa shape index (κ3) is 5.70. The molecule has 4 aromatic rings. The minimum Gasteiger partial charge on any atom is -0.493 e. The number of alkyl halides is 3. The summed E-state index contributed by atoms with van der Waals surface area (Å²) in [4.78, 5) is 31.2. The number of rotatable bonds is 8. The fourth-order valence-corrected chi connectivity index (χ4v) is 4.60. The van der Waals surface area contributed by atoms with Crippen LogP contribution in [0.2, 0.25) is 0 Å². The van der Waals surface area contributed by atoms with E-state index in [1.807, 2.05) is 0 Å². The Kier molecular flexibility index (Phi) is 7.86. The number of anilines is 2. The Morgan fingerprint density at radius 3 is 2.70 bits per heavy atom. The highest BCUT2D eigenvalue weighted by Gasteiger charge is 2.42. The van der Waals surface area contributed by atoms with E-state index in [1.165, 1.54) is 31.5 Å². The van der Waals surface area contributed by atoms with Crippen LogP contribution in [-0.2, 0) is 11.2 Å². The number of fused-ring (bicyclic) bond motifs is 1. The van der Waals surface area contributed by atoms with Crippen LogP contribution in [0, 0.1) is 11.2 Å². The lowest BCUT2D eigenvalue weighted by Gasteiger charge is -2.25. The lowest BCUT2D eigenvalue weighted by Crippen LogP contribution is -2.29. The van der Waals surface area contributed by atoms with Crippen molar-refractivity contribution in [2.24, 2.45) is 5.73 Å². The van der Waals surface area contributed by atoms with E-state index in [2.05, 4.69) is 25.1 Å². The molecule has 2 aromatic carbocycles. The van der Waals surface area contributed by atoms with Crippen LogP contribution in [0.3, 0.4) is 0 Å². The van der Waals surface area contributed by atoms with E-state index in [1.54, 1.807) is 6.07 Å². The summed E-state index contributed by atoms with van der Waals surface area (Å²) in [5, 5.41) is 14.9. The number of esters is 1. The smallest absolute Gasteiger partial charge is 0.491 e. The normalized spacial score (nSPS) is 13.4. The van der Waals surface area contributed by atoms with Crippen molar-refractivity contribution in [3.05, 3.63) is 81.4 Å². The number of benzene rings is 2. The molecule has 0 fully saturated rings. The van der Waals surface area contributed by atoms with Gasteiger partial charge in [-0.3, -0.25) is 10.4 Å². The number of pyridine rings is 1. The molecule has 1 atom stereocenters. The molecule has 1 unspecified atom stereocenters. The number of hydrogen-bond acceptors (Lipinski definition) is 10. The lowest BCUT2D eigenvalue weighted by atomic mass is 9.96. The number of carbonyl (C=O) groups is 1. The van der Waals surface area contributed by atoms with Gasteiger partial charge in [-0.05, 0) is 43.2 Å². The topological polar surface area (TPSA) is 196 Å². The molecule has 230 valence electrons. The van der Waals surface area contributed by atoms with Gasteiger partial charge in [0.2, 0.25) is 0 Å². The van der Waals surface area contributed by atoms with Gasteiger partial charge in [-0.15, -0.1) is 5.10 Å². The minimum atomic E-state index is -5.34. The van der Waals surface area contributed by atoms with Crippen LogP contribution in [0.4, 0.5) is 28.9 Å². The first-order valence-electron chi connectivity index (χ1n) is 12.8. The zero-order valence-electron chi connectivity index (χ0n) is 22.8. The second-order valence-corrected chi connectivity index (χ2v) is 9.47. The molecule has 17 heteroatoms. The molecular formula is C27H24F4N8O5. The van der Waals surface area contributed by atoms with Gasteiger partial charge in [0, 0.05) is 29.1 Å². The molecule has 0 saturated heterocycles. The Morgan fingerprint density at radius 2 is 2.02 bits per heavy atom. The number of nitrogens with two attached hydrogens (primary N) is 2. The van der Waals surface area contributed by atoms with Crippen LogP contribution in [0.5, 0.6) is 17.2 Å². The van der Waals surface area contributed by atoms with Crippen molar-refractivity contribution in [1.29, 1.82) is 5.41 Å². The van der Waals surface area contributed by atoms with Crippen LogP contribution in [0.1, 0.15) is 35.0 Å². The number of methoxy groups -OCH3 is 1.